The van der Waals surface area contributed by atoms with E-state index in [1.165, 1.54) is 5.69 Å². The number of aryl methyl sites for hydroxylation is 2. The topological polar surface area (TPSA) is 88.4 Å². The van der Waals surface area contributed by atoms with Crippen LogP contribution in [0.3, 0.4) is 0 Å². The number of nitrogens with zero attached hydrogens (tertiary/aromatic N) is 6. The quantitative estimate of drug-likeness (QED) is 0.257. The third-order valence-electron chi connectivity index (χ3n) is 10.2. The van der Waals surface area contributed by atoms with E-state index in [0.717, 1.165) is 106 Å². The Morgan fingerprint density at radius 2 is 1.74 bits per heavy atom. The number of hydrogen-bond donors (Lipinski definition) is 1. The molecule has 1 spiro atoms. The number of rotatable bonds is 3. The highest BCUT2D eigenvalue weighted by Crippen LogP contribution is 2.43. The van der Waals surface area contributed by atoms with Gasteiger partial charge in [-0.05, 0) is 121 Å². The summed E-state index contributed by atoms with van der Waals surface area (Å²) in [6.45, 7) is 11.1. The number of amides is 1. The molecule has 0 atom stereocenters. The fourth-order valence-electron chi connectivity index (χ4n) is 7.63. The molecule has 1 N–H and O–H groups in total. The maximum atomic E-state index is 14.2. The van der Waals surface area contributed by atoms with Crippen LogP contribution in [0.2, 0.25) is 0 Å². The normalized spacial score (nSPS) is 19.3. The Balaban J connectivity index is 1.12. The van der Waals surface area contributed by atoms with E-state index in [1.807, 2.05) is 13.0 Å². The lowest BCUT2D eigenvalue weighted by Crippen LogP contribution is -2.49. The number of ether oxygens (including phenoxy) is 1. The van der Waals surface area contributed by atoms with Crippen LogP contribution in [0, 0.1) is 12.3 Å². The Hall–Kier alpha value is -4.05. The van der Waals surface area contributed by atoms with E-state index in [-0.39, 0.29) is 5.91 Å². The molecule has 4 aromatic rings. The van der Waals surface area contributed by atoms with Crippen LogP contribution in [0.5, 0.6) is 5.75 Å². The van der Waals surface area contributed by atoms with Gasteiger partial charge in [-0.25, -0.2) is 9.37 Å². The molecule has 248 valence electrons. The lowest BCUT2D eigenvalue weighted by Gasteiger charge is -2.48. The Kier molecular flexibility index (Phi) is 8.63. The van der Waals surface area contributed by atoms with Crippen molar-refractivity contribution in [2.24, 2.45) is 5.41 Å². The summed E-state index contributed by atoms with van der Waals surface area (Å²) in [6.07, 6.45) is 10.9. The van der Waals surface area contributed by atoms with E-state index in [4.69, 9.17) is 14.7 Å². The minimum atomic E-state index is -1.14. The fourth-order valence-corrected chi connectivity index (χ4v) is 7.63. The van der Waals surface area contributed by atoms with E-state index in [1.54, 1.807) is 38.4 Å². The van der Waals surface area contributed by atoms with Gasteiger partial charge >= 0.3 is 0 Å². The molecule has 0 aliphatic carbocycles. The van der Waals surface area contributed by atoms with Crippen molar-refractivity contribution in [3.05, 3.63) is 60.0 Å². The van der Waals surface area contributed by atoms with Crippen LogP contribution in [0.1, 0.15) is 74.8 Å². The third-order valence-corrected chi connectivity index (χ3v) is 10.2. The number of pyridine rings is 2. The summed E-state index contributed by atoms with van der Waals surface area (Å²) >= 11 is 0. The second kappa shape index (κ2) is 12.9. The molecule has 47 heavy (non-hydrogen) atoms. The van der Waals surface area contributed by atoms with Crippen LogP contribution < -0.4 is 15.0 Å². The number of alkyl halides is 1. The molecule has 7 rings (SSSR count). The van der Waals surface area contributed by atoms with Crippen molar-refractivity contribution in [2.75, 3.05) is 49.5 Å². The Morgan fingerprint density at radius 1 is 0.957 bits per heavy atom. The lowest BCUT2D eigenvalue weighted by molar-refractivity contribution is 0.0458. The zero-order chi connectivity index (χ0) is 32.6. The Labute approximate surface area is 276 Å². The molecule has 1 aromatic carbocycles. The van der Waals surface area contributed by atoms with Gasteiger partial charge in [0.2, 0.25) is 5.95 Å². The number of carbonyl (C=O) groups is 1. The zero-order valence-corrected chi connectivity index (χ0v) is 27.9. The molecule has 3 aliphatic heterocycles. The van der Waals surface area contributed by atoms with Gasteiger partial charge in [-0.2, -0.15) is 0 Å². The van der Waals surface area contributed by atoms with Gasteiger partial charge in [-0.15, -0.1) is 0 Å². The van der Waals surface area contributed by atoms with Crippen LogP contribution in [0.15, 0.2) is 48.8 Å². The van der Waals surface area contributed by atoms with E-state index < -0.39 is 5.67 Å². The first-order valence-corrected chi connectivity index (χ1v) is 17.2. The van der Waals surface area contributed by atoms with Gasteiger partial charge in [-0.3, -0.25) is 20.1 Å². The van der Waals surface area contributed by atoms with Crippen molar-refractivity contribution in [1.29, 1.82) is 0 Å². The smallest absolute Gasteiger partial charge is 0.258 e. The van der Waals surface area contributed by atoms with Crippen molar-refractivity contribution < 1.29 is 13.9 Å². The van der Waals surface area contributed by atoms with Crippen molar-refractivity contribution >= 4 is 28.6 Å². The number of likely N-dealkylation sites (tertiary alicyclic amines) is 1. The molecule has 0 unspecified atom stereocenters. The van der Waals surface area contributed by atoms with Gasteiger partial charge < -0.3 is 19.1 Å². The summed E-state index contributed by atoms with van der Waals surface area (Å²) in [5.74, 6) is 1.06. The van der Waals surface area contributed by atoms with Crippen molar-refractivity contribution in [3.8, 4) is 17.0 Å². The summed E-state index contributed by atoms with van der Waals surface area (Å²) < 4.78 is 22.6. The number of imidazole rings is 1. The summed E-state index contributed by atoms with van der Waals surface area (Å²) in [5.41, 5.74) is 5.01. The van der Waals surface area contributed by atoms with Crippen LogP contribution >= 0.6 is 0 Å². The van der Waals surface area contributed by atoms with Crippen molar-refractivity contribution in [3.63, 3.8) is 0 Å². The van der Waals surface area contributed by atoms with E-state index >= 15 is 0 Å². The molecule has 10 heteroatoms. The molecule has 0 radical (unpaired) electrons. The predicted molar refractivity (Wildman–Crippen MR) is 184 cm³/mol. The fraction of sp³-hybridized carbons (Fsp3) is 0.514. The van der Waals surface area contributed by atoms with Crippen molar-refractivity contribution in [2.45, 2.75) is 77.9 Å². The zero-order valence-electron chi connectivity index (χ0n) is 27.9. The average Bonchev–Trinajstić information content (AvgIpc) is 3.39. The number of nitrogens with one attached hydrogen (secondary N) is 1. The highest BCUT2D eigenvalue weighted by molar-refractivity contribution is 6.05. The maximum absolute atomic E-state index is 14.2. The van der Waals surface area contributed by atoms with Crippen molar-refractivity contribution in [1.82, 2.24) is 24.4 Å². The first-order chi connectivity index (χ1) is 22.6. The standard InChI is InChI=1S/C37H46FN7O2/c1-26-21-27-22-31(40-26)29-24-39-14-9-33(29)47-20-6-4-5-15-45-32-23-28(7-8-30(32)41-35(45)42-34(27)46)44-18-12-37(13-19-44)10-16-43(17-11-37)25-36(2,3)38/h7-9,14,21-24H,4-6,10-13,15-20,25H2,1-3H3,(H,41,42,46). The lowest BCUT2D eigenvalue weighted by atomic mass is 9.71. The molecular weight excluding hydrogens is 593 g/mol. The van der Waals surface area contributed by atoms with Gasteiger partial charge in [0.05, 0.1) is 28.9 Å². The monoisotopic (exact) mass is 639 g/mol. The number of hydrogen-bond acceptors (Lipinski definition) is 7. The third kappa shape index (κ3) is 6.98. The number of anilines is 2. The van der Waals surface area contributed by atoms with E-state index in [0.29, 0.717) is 35.8 Å². The number of fused-ring (bicyclic) bond motifs is 7. The number of piperidine rings is 2. The van der Waals surface area contributed by atoms with Crippen LogP contribution in [0.25, 0.3) is 22.3 Å². The second-order valence-corrected chi connectivity index (χ2v) is 14.4. The Bertz CT molecular complexity index is 1750. The summed E-state index contributed by atoms with van der Waals surface area (Å²) in [7, 11) is 0. The number of carbonyl (C=O) groups excluding carboxylic acids is 1. The molecule has 0 saturated carbocycles. The summed E-state index contributed by atoms with van der Waals surface area (Å²) in [5, 5.41) is 3.13. The van der Waals surface area contributed by atoms with Crippen LogP contribution in [-0.4, -0.2) is 75.3 Å². The minimum absolute atomic E-state index is 0.225. The maximum Gasteiger partial charge on any atom is 0.258 e. The van der Waals surface area contributed by atoms with Gasteiger partial charge in [0, 0.05) is 55.5 Å². The SMILES string of the molecule is Cc1cc2cc(n1)-c1cnccc1OCCCCCn1c(nc3ccc(N4CCC5(CCN(CC(C)(C)F)CC5)CC4)cc31)NC2=O. The number of aromatic nitrogens is 4. The summed E-state index contributed by atoms with van der Waals surface area (Å²) in [4.78, 5) is 32.4. The molecule has 2 bridgehead atoms. The van der Waals surface area contributed by atoms with Gasteiger partial charge in [0.1, 0.15) is 11.4 Å². The molecule has 2 saturated heterocycles. The van der Waals surface area contributed by atoms with Gasteiger partial charge in [0.15, 0.2) is 0 Å². The molecule has 2 fully saturated rings. The highest BCUT2D eigenvalue weighted by atomic mass is 19.1. The molecule has 9 nitrogen and oxygen atoms in total. The van der Waals surface area contributed by atoms with Gasteiger partial charge in [0.25, 0.3) is 5.91 Å². The molecular formula is C37H46FN7O2. The largest absolute Gasteiger partial charge is 0.493 e. The van der Waals surface area contributed by atoms with E-state index in [9.17, 15) is 9.18 Å². The molecule has 3 aromatic heterocycles. The van der Waals surface area contributed by atoms with Gasteiger partial charge in [-0.1, -0.05) is 0 Å². The first-order valence-electron chi connectivity index (χ1n) is 17.2. The Morgan fingerprint density at radius 3 is 2.53 bits per heavy atom. The number of halogens is 1. The number of benzene rings is 1. The van der Waals surface area contributed by atoms with Crippen LogP contribution in [-0.2, 0) is 6.54 Å². The van der Waals surface area contributed by atoms with E-state index in [2.05, 4.69) is 42.9 Å². The molecule has 1 amide bonds. The van der Waals surface area contributed by atoms with Crippen LogP contribution in [0.4, 0.5) is 16.0 Å². The second-order valence-electron chi connectivity index (χ2n) is 14.4. The summed E-state index contributed by atoms with van der Waals surface area (Å²) in [6, 6.07) is 12.0. The molecule has 3 aliphatic rings. The molecule has 6 heterocycles. The minimum Gasteiger partial charge on any atom is -0.493 e. The predicted octanol–water partition coefficient (Wildman–Crippen LogP) is 7.05. The first kappa shape index (κ1) is 31.5. The average molecular weight is 640 g/mol. The highest BCUT2D eigenvalue weighted by Gasteiger charge is 2.38.